The van der Waals surface area contributed by atoms with Gasteiger partial charge in [-0.3, -0.25) is 0 Å². The Balaban J connectivity index is 0.00000225. The zero-order valence-electron chi connectivity index (χ0n) is 12.9. The molecule has 0 aromatic carbocycles. The third kappa shape index (κ3) is 4.34. The Morgan fingerprint density at radius 3 is 2.64 bits per heavy atom. The predicted octanol–water partition coefficient (Wildman–Crippen LogP) is 3.55. The zero-order chi connectivity index (χ0) is 17.4. The Bertz CT molecular complexity index is 733. The van der Waals surface area contributed by atoms with E-state index in [0.29, 0.717) is 24.7 Å². The summed E-state index contributed by atoms with van der Waals surface area (Å²) in [6, 6.07) is 0.830. The quantitative estimate of drug-likeness (QED) is 0.801. The molecular weight excluding hydrogens is 382 g/mol. The number of nitrogens with two attached hydrogens (primary N) is 1. The Morgan fingerprint density at radius 1 is 1.36 bits per heavy atom. The SMILES string of the molecule is Cl.NC1(c2noc(CCNc3ncc(C(F)(F)F)cc3Cl)n2)CCC1. The summed E-state index contributed by atoms with van der Waals surface area (Å²) < 4.78 is 42.8. The van der Waals surface area contributed by atoms with E-state index < -0.39 is 17.3 Å². The second-order valence-corrected chi connectivity index (χ2v) is 6.16. The van der Waals surface area contributed by atoms with Crippen molar-refractivity contribution in [2.24, 2.45) is 5.73 Å². The molecule has 3 N–H and O–H groups in total. The minimum Gasteiger partial charge on any atom is -0.368 e. The average Bonchev–Trinajstić information content (AvgIpc) is 2.94. The van der Waals surface area contributed by atoms with Crippen molar-refractivity contribution >= 4 is 29.8 Å². The van der Waals surface area contributed by atoms with Crippen LogP contribution in [0.25, 0.3) is 0 Å². The summed E-state index contributed by atoms with van der Waals surface area (Å²) in [4.78, 5) is 7.95. The lowest BCUT2D eigenvalue weighted by molar-refractivity contribution is -0.137. The molecule has 0 amide bonds. The standard InChI is InChI=1S/C14H15ClF3N5O.ClH/c15-9-6-8(14(16,17)18)7-21-11(9)20-5-2-10-22-12(23-24-10)13(19)3-1-4-13;/h6-7H,1-5,19H2,(H,20,21);1H. The fourth-order valence-electron chi connectivity index (χ4n) is 2.35. The van der Waals surface area contributed by atoms with Crippen molar-refractivity contribution in [3.05, 3.63) is 34.6 Å². The van der Waals surface area contributed by atoms with E-state index in [1.165, 1.54) is 0 Å². The van der Waals surface area contributed by atoms with Crippen LogP contribution in [0.4, 0.5) is 19.0 Å². The normalized spacial score (nSPS) is 16.0. The number of pyridine rings is 1. The first-order valence-electron chi connectivity index (χ1n) is 7.36. The van der Waals surface area contributed by atoms with Gasteiger partial charge < -0.3 is 15.6 Å². The van der Waals surface area contributed by atoms with Crippen molar-refractivity contribution in [1.82, 2.24) is 15.1 Å². The number of anilines is 1. The van der Waals surface area contributed by atoms with Gasteiger partial charge >= 0.3 is 6.18 Å². The molecule has 0 radical (unpaired) electrons. The lowest BCUT2D eigenvalue weighted by Crippen LogP contribution is -2.44. The van der Waals surface area contributed by atoms with Crippen molar-refractivity contribution in [3.8, 4) is 0 Å². The van der Waals surface area contributed by atoms with Gasteiger partial charge in [-0.25, -0.2) is 4.98 Å². The Morgan fingerprint density at radius 2 is 2.08 bits per heavy atom. The van der Waals surface area contributed by atoms with Gasteiger partial charge in [0, 0.05) is 19.2 Å². The van der Waals surface area contributed by atoms with E-state index in [2.05, 4.69) is 20.4 Å². The van der Waals surface area contributed by atoms with Gasteiger partial charge in [0.2, 0.25) is 5.89 Å². The number of nitrogens with zero attached hydrogens (tertiary/aromatic N) is 3. The van der Waals surface area contributed by atoms with E-state index >= 15 is 0 Å². The molecule has 6 nitrogen and oxygen atoms in total. The lowest BCUT2D eigenvalue weighted by Gasteiger charge is -2.34. The largest absolute Gasteiger partial charge is 0.417 e. The Labute approximate surface area is 152 Å². The van der Waals surface area contributed by atoms with Crippen LogP contribution in [-0.4, -0.2) is 21.7 Å². The van der Waals surface area contributed by atoms with Gasteiger partial charge in [0.1, 0.15) is 5.82 Å². The van der Waals surface area contributed by atoms with Crippen molar-refractivity contribution in [1.29, 1.82) is 0 Å². The number of hydrogen-bond donors (Lipinski definition) is 2. The molecule has 0 atom stereocenters. The summed E-state index contributed by atoms with van der Waals surface area (Å²) in [7, 11) is 0. The summed E-state index contributed by atoms with van der Waals surface area (Å²) in [6.07, 6.45) is -0.671. The summed E-state index contributed by atoms with van der Waals surface area (Å²) in [5, 5.41) is 6.63. The number of halogens is 5. The fraction of sp³-hybridized carbons (Fsp3) is 0.500. The summed E-state index contributed by atoms with van der Waals surface area (Å²) in [5.41, 5.74) is 4.72. The van der Waals surface area contributed by atoms with Crippen LogP contribution in [0.3, 0.4) is 0 Å². The highest BCUT2D eigenvalue weighted by Crippen LogP contribution is 2.37. The molecule has 2 aromatic rings. The number of rotatable bonds is 5. The smallest absolute Gasteiger partial charge is 0.368 e. The van der Waals surface area contributed by atoms with Crippen LogP contribution in [0, 0.1) is 0 Å². The van der Waals surface area contributed by atoms with E-state index in [4.69, 9.17) is 21.9 Å². The van der Waals surface area contributed by atoms with Crippen LogP contribution >= 0.6 is 24.0 Å². The minimum absolute atomic E-state index is 0. The molecule has 0 aliphatic heterocycles. The van der Waals surface area contributed by atoms with E-state index in [1.807, 2.05) is 0 Å². The molecular formula is C14H16Cl2F3N5O. The fourth-order valence-corrected chi connectivity index (χ4v) is 2.58. The third-order valence-corrected chi connectivity index (χ3v) is 4.25. The van der Waals surface area contributed by atoms with Crippen molar-refractivity contribution in [2.45, 2.75) is 37.4 Å². The number of aromatic nitrogens is 3. The topological polar surface area (TPSA) is 89.9 Å². The zero-order valence-corrected chi connectivity index (χ0v) is 14.5. The number of hydrogen-bond acceptors (Lipinski definition) is 6. The maximum Gasteiger partial charge on any atom is 0.417 e. The average molecular weight is 398 g/mol. The van der Waals surface area contributed by atoms with Crippen LogP contribution in [0.2, 0.25) is 5.02 Å². The highest BCUT2D eigenvalue weighted by atomic mass is 35.5. The van der Waals surface area contributed by atoms with Gasteiger partial charge in [-0.15, -0.1) is 12.4 Å². The van der Waals surface area contributed by atoms with Crippen LogP contribution in [0.15, 0.2) is 16.8 Å². The van der Waals surface area contributed by atoms with Crippen LogP contribution in [-0.2, 0) is 18.1 Å². The number of nitrogens with one attached hydrogen (secondary N) is 1. The van der Waals surface area contributed by atoms with E-state index in [9.17, 15) is 13.2 Å². The molecule has 11 heteroatoms. The van der Waals surface area contributed by atoms with Crippen molar-refractivity contribution < 1.29 is 17.7 Å². The first kappa shape index (κ1) is 19.7. The molecule has 2 heterocycles. The molecule has 0 saturated heterocycles. The molecule has 1 aliphatic carbocycles. The van der Waals surface area contributed by atoms with E-state index in [-0.39, 0.29) is 23.2 Å². The van der Waals surface area contributed by atoms with E-state index in [0.717, 1.165) is 31.5 Å². The molecule has 1 fully saturated rings. The lowest BCUT2D eigenvalue weighted by atomic mass is 9.77. The van der Waals surface area contributed by atoms with Gasteiger partial charge in [0.15, 0.2) is 5.82 Å². The number of alkyl halides is 3. The molecule has 1 aliphatic rings. The molecule has 3 rings (SSSR count). The monoisotopic (exact) mass is 397 g/mol. The minimum atomic E-state index is -4.48. The third-order valence-electron chi connectivity index (χ3n) is 3.96. The predicted molar refractivity (Wildman–Crippen MR) is 87.7 cm³/mol. The summed E-state index contributed by atoms with van der Waals surface area (Å²) in [5.74, 6) is 1.06. The van der Waals surface area contributed by atoms with Gasteiger partial charge in [-0.2, -0.15) is 18.2 Å². The summed E-state index contributed by atoms with van der Waals surface area (Å²) >= 11 is 5.81. The van der Waals surface area contributed by atoms with Crippen LogP contribution in [0.5, 0.6) is 0 Å². The van der Waals surface area contributed by atoms with Gasteiger partial charge in [-0.1, -0.05) is 16.8 Å². The van der Waals surface area contributed by atoms with Gasteiger partial charge in [0.25, 0.3) is 0 Å². The summed E-state index contributed by atoms with van der Waals surface area (Å²) in [6.45, 7) is 0.331. The van der Waals surface area contributed by atoms with Crippen LogP contribution in [0.1, 0.15) is 36.5 Å². The molecule has 25 heavy (non-hydrogen) atoms. The molecule has 2 aromatic heterocycles. The molecule has 138 valence electrons. The Hall–Kier alpha value is -1.58. The van der Waals surface area contributed by atoms with Gasteiger partial charge in [0.05, 0.1) is 16.1 Å². The maximum atomic E-state index is 12.5. The van der Waals surface area contributed by atoms with Crippen molar-refractivity contribution in [2.75, 3.05) is 11.9 Å². The Kier molecular flexibility index (Phi) is 5.80. The maximum absolute atomic E-state index is 12.5. The van der Waals surface area contributed by atoms with Crippen LogP contribution < -0.4 is 11.1 Å². The van der Waals surface area contributed by atoms with E-state index in [1.54, 1.807) is 0 Å². The first-order valence-corrected chi connectivity index (χ1v) is 7.74. The van der Waals surface area contributed by atoms with Gasteiger partial charge in [-0.05, 0) is 25.3 Å². The second kappa shape index (κ2) is 7.35. The second-order valence-electron chi connectivity index (χ2n) is 5.75. The first-order chi connectivity index (χ1) is 11.3. The highest BCUT2D eigenvalue weighted by Gasteiger charge is 2.38. The molecule has 1 saturated carbocycles. The molecule has 0 unspecified atom stereocenters. The van der Waals surface area contributed by atoms with Crippen molar-refractivity contribution in [3.63, 3.8) is 0 Å². The molecule has 0 spiro atoms. The molecule has 0 bridgehead atoms. The highest BCUT2D eigenvalue weighted by molar-refractivity contribution is 6.32.